The Kier molecular flexibility index (Phi) is 5.73. The molecule has 0 spiro atoms. The summed E-state index contributed by atoms with van der Waals surface area (Å²) in [6.45, 7) is 1.46. The fraction of sp³-hybridized carbons (Fsp3) is 0.0500. The molecule has 0 atom stereocenters. The quantitative estimate of drug-likeness (QED) is 0.656. The Bertz CT molecular complexity index is 986. The van der Waals surface area contributed by atoms with Crippen molar-refractivity contribution in [3.63, 3.8) is 0 Å². The second-order valence-corrected chi connectivity index (χ2v) is 6.38. The summed E-state index contributed by atoms with van der Waals surface area (Å²) in [6.07, 6.45) is 2.78. The van der Waals surface area contributed by atoms with Crippen molar-refractivity contribution in [2.75, 3.05) is 10.2 Å². The van der Waals surface area contributed by atoms with E-state index in [4.69, 9.17) is 0 Å². The van der Waals surface area contributed by atoms with Crippen molar-refractivity contribution in [2.24, 2.45) is 0 Å². The number of thiazole rings is 1. The molecule has 0 saturated heterocycles. The van der Waals surface area contributed by atoms with Gasteiger partial charge in [-0.1, -0.05) is 30.3 Å². The van der Waals surface area contributed by atoms with Gasteiger partial charge in [-0.05, 0) is 30.3 Å². The summed E-state index contributed by atoms with van der Waals surface area (Å²) >= 11 is 1.29. The fourth-order valence-corrected chi connectivity index (χ4v) is 3.21. The lowest BCUT2D eigenvalue weighted by atomic mass is 10.3. The summed E-state index contributed by atoms with van der Waals surface area (Å²) in [4.78, 5) is 29.9. The van der Waals surface area contributed by atoms with Crippen LogP contribution in [0.25, 0.3) is 6.08 Å². The summed E-state index contributed by atoms with van der Waals surface area (Å²) in [5.74, 6) is -1.14. The predicted molar refractivity (Wildman–Crippen MR) is 105 cm³/mol. The second-order valence-electron chi connectivity index (χ2n) is 5.55. The van der Waals surface area contributed by atoms with Crippen molar-refractivity contribution < 1.29 is 14.0 Å². The van der Waals surface area contributed by atoms with Gasteiger partial charge >= 0.3 is 0 Å². The van der Waals surface area contributed by atoms with E-state index in [0.717, 1.165) is 0 Å². The van der Waals surface area contributed by atoms with Crippen molar-refractivity contribution in [3.8, 4) is 0 Å². The molecular weight excluding hydrogens is 365 g/mol. The largest absolute Gasteiger partial charge is 0.320 e. The number of benzene rings is 2. The van der Waals surface area contributed by atoms with Crippen LogP contribution in [0.5, 0.6) is 0 Å². The van der Waals surface area contributed by atoms with Gasteiger partial charge in [0.05, 0.1) is 17.1 Å². The molecule has 0 aliphatic carbocycles. The van der Waals surface area contributed by atoms with Gasteiger partial charge in [-0.25, -0.2) is 9.37 Å². The number of aromatic nitrogens is 1. The van der Waals surface area contributed by atoms with Gasteiger partial charge in [0.2, 0.25) is 11.8 Å². The number of nitrogens with zero attached hydrogens (tertiary/aromatic N) is 2. The van der Waals surface area contributed by atoms with Crippen molar-refractivity contribution >= 4 is 45.7 Å². The van der Waals surface area contributed by atoms with Crippen molar-refractivity contribution in [1.82, 2.24) is 4.98 Å². The molecule has 2 aromatic carbocycles. The van der Waals surface area contributed by atoms with Gasteiger partial charge in [-0.2, -0.15) is 0 Å². The number of carbonyl (C=O) groups is 2. The average Bonchev–Trinajstić information content (AvgIpc) is 3.11. The zero-order chi connectivity index (χ0) is 19.2. The molecule has 0 aliphatic rings. The van der Waals surface area contributed by atoms with Gasteiger partial charge in [-0.15, -0.1) is 11.3 Å². The molecule has 1 aromatic heterocycles. The summed E-state index contributed by atoms with van der Waals surface area (Å²) in [7, 11) is 0. The molecule has 1 heterocycles. The zero-order valence-corrected chi connectivity index (χ0v) is 15.2. The molecule has 0 bridgehead atoms. The van der Waals surface area contributed by atoms with Gasteiger partial charge in [0.15, 0.2) is 5.13 Å². The SMILES string of the molecule is CC(=O)N(c1ccccc1)c1nc(C=CC(=O)Nc2ccccc2F)cs1. The Labute approximate surface area is 159 Å². The maximum atomic E-state index is 13.6. The van der Waals surface area contributed by atoms with E-state index in [1.165, 1.54) is 47.4 Å². The van der Waals surface area contributed by atoms with E-state index in [1.54, 1.807) is 17.5 Å². The van der Waals surface area contributed by atoms with E-state index in [0.29, 0.717) is 16.5 Å². The first kappa shape index (κ1) is 18.5. The highest BCUT2D eigenvalue weighted by molar-refractivity contribution is 7.14. The molecule has 3 aromatic rings. The Morgan fingerprint density at radius 2 is 1.81 bits per heavy atom. The highest BCUT2D eigenvalue weighted by Crippen LogP contribution is 2.29. The van der Waals surface area contributed by atoms with Gasteiger partial charge in [0.1, 0.15) is 5.82 Å². The minimum Gasteiger partial charge on any atom is -0.320 e. The van der Waals surface area contributed by atoms with Gasteiger partial charge in [0, 0.05) is 18.4 Å². The fourth-order valence-electron chi connectivity index (χ4n) is 2.36. The van der Waals surface area contributed by atoms with Crippen LogP contribution in [0, 0.1) is 5.82 Å². The van der Waals surface area contributed by atoms with Crippen molar-refractivity contribution in [2.45, 2.75) is 6.92 Å². The van der Waals surface area contributed by atoms with Crippen LogP contribution >= 0.6 is 11.3 Å². The average molecular weight is 381 g/mol. The van der Waals surface area contributed by atoms with Crippen molar-refractivity contribution in [3.05, 3.63) is 77.6 Å². The second kappa shape index (κ2) is 8.37. The number of rotatable bonds is 5. The minimum atomic E-state index is -0.504. The monoisotopic (exact) mass is 381 g/mol. The maximum absolute atomic E-state index is 13.6. The number of halogens is 1. The van der Waals surface area contributed by atoms with Gasteiger partial charge in [0.25, 0.3) is 0 Å². The van der Waals surface area contributed by atoms with E-state index in [-0.39, 0.29) is 11.6 Å². The minimum absolute atomic E-state index is 0.109. The Hall–Kier alpha value is -3.32. The molecule has 3 rings (SSSR count). The van der Waals surface area contributed by atoms with E-state index >= 15 is 0 Å². The third-order valence-electron chi connectivity index (χ3n) is 3.57. The predicted octanol–water partition coefficient (Wildman–Crippen LogP) is 4.62. The van der Waals surface area contributed by atoms with Gasteiger partial charge < -0.3 is 5.32 Å². The molecule has 0 aliphatic heterocycles. The van der Waals surface area contributed by atoms with Crippen LogP contribution in [-0.4, -0.2) is 16.8 Å². The molecule has 5 nitrogen and oxygen atoms in total. The first-order valence-electron chi connectivity index (χ1n) is 8.09. The molecule has 27 heavy (non-hydrogen) atoms. The van der Waals surface area contributed by atoms with E-state index in [9.17, 15) is 14.0 Å². The van der Waals surface area contributed by atoms with Crippen molar-refractivity contribution in [1.29, 1.82) is 0 Å². The number of carbonyl (C=O) groups excluding carboxylic acids is 2. The van der Waals surface area contributed by atoms with E-state index in [2.05, 4.69) is 10.3 Å². The maximum Gasteiger partial charge on any atom is 0.248 e. The van der Waals surface area contributed by atoms with Crippen LogP contribution in [0.15, 0.2) is 66.1 Å². The van der Waals surface area contributed by atoms with Crippen LogP contribution in [-0.2, 0) is 9.59 Å². The molecule has 7 heteroatoms. The van der Waals surface area contributed by atoms with Gasteiger partial charge in [-0.3, -0.25) is 14.5 Å². The molecule has 0 fully saturated rings. The van der Waals surface area contributed by atoms with Crippen LogP contribution in [0.1, 0.15) is 12.6 Å². The lowest BCUT2D eigenvalue weighted by molar-refractivity contribution is -0.116. The number of nitrogens with one attached hydrogen (secondary N) is 1. The summed E-state index contributed by atoms with van der Waals surface area (Å²) in [5, 5.41) is 4.70. The normalized spacial score (nSPS) is 10.7. The molecule has 0 radical (unpaired) electrons. The summed E-state index contributed by atoms with van der Waals surface area (Å²) < 4.78 is 13.6. The van der Waals surface area contributed by atoms with E-state index in [1.807, 2.05) is 30.3 Å². The van der Waals surface area contributed by atoms with Crippen LogP contribution in [0.4, 0.5) is 20.9 Å². The Morgan fingerprint density at radius 3 is 2.52 bits per heavy atom. The third kappa shape index (κ3) is 4.65. The standard InChI is InChI=1S/C20H16FN3O2S/c1-14(25)24(16-7-3-2-4-8-16)20-22-15(13-27-20)11-12-19(26)23-18-10-6-5-9-17(18)21/h2-13H,1H3,(H,23,26). The van der Waals surface area contributed by atoms with Crippen LogP contribution < -0.4 is 10.2 Å². The number of para-hydroxylation sites is 2. The molecule has 2 amide bonds. The Balaban J connectivity index is 1.73. The third-order valence-corrected chi connectivity index (χ3v) is 4.41. The first-order chi connectivity index (χ1) is 13.0. The van der Waals surface area contributed by atoms with E-state index < -0.39 is 11.7 Å². The smallest absolute Gasteiger partial charge is 0.248 e. The van der Waals surface area contributed by atoms with Crippen LogP contribution in [0.3, 0.4) is 0 Å². The van der Waals surface area contributed by atoms with Crippen LogP contribution in [0.2, 0.25) is 0 Å². The summed E-state index contributed by atoms with van der Waals surface area (Å²) in [6, 6.07) is 15.1. The molecular formula is C20H16FN3O2S. The summed E-state index contributed by atoms with van der Waals surface area (Å²) in [5.41, 5.74) is 1.35. The number of amides is 2. The highest BCUT2D eigenvalue weighted by atomic mass is 32.1. The number of hydrogen-bond acceptors (Lipinski definition) is 4. The molecule has 136 valence electrons. The lowest BCUT2D eigenvalue weighted by Gasteiger charge is -2.17. The molecule has 0 saturated carbocycles. The molecule has 0 unspecified atom stereocenters. The zero-order valence-electron chi connectivity index (χ0n) is 14.4. The highest BCUT2D eigenvalue weighted by Gasteiger charge is 2.17. The lowest BCUT2D eigenvalue weighted by Crippen LogP contribution is -2.22. The molecule has 1 N–H and O–H groups in total. The topological polar surface area (TPSA) is 62.3 Å². The number of anilines is 3. The Morgan fingerprint density at radius 1 is 1.11 bits per heavy atom. The number of hydrogen-bond donors (Lipinski definition) is 1. The first-order valence-corrected chi connectivity index (χ1v) is 8.97.